The predicted molar refractivity (Wildman–Crippen MR) is 53.1 cm³/mol. The van der Waals surface area contributed by atoms with Crippen LogP contribution in [0.15, 0.2) is 24.3 Å². The minimum absolute atomic E-state index is 0.249. The monoisotopic (exact) mass is 219 g/mol. The minimum Gasteiger partial charge on any atom is -0.212 e. The summed E-state index contributed by atoms with van der Waals surface area (Å²) in [6.07, 6.45) is 0. The van der Waals surface area contributed by atoms with Gasteiger partial charge in [-0.25, -0.2) is 4.68 Å². The standard InChI is InChI=1S/C9H6ClN5/c10-9-12-13-14-15(9)6-8-3-1-7(5-11)2-4-8/h1-4H,6H2. The maximum atomic E-state index is 8.62. The maximum absolute atomic E-state index is 8.62. The Labute approximate surface area is 90.9 Å². The Morgan fingerprint density at radius 2 is 2.07 bits per heavy atom. The number of nitriles is 1. The highest BCUT2D eigenvalue weighted by molar-refractivity contribution is 6.28. The van der Waals surface area contributed by atoms with Gasteiger partial charge < -0.3 is 0 Å². The largest absolute Gasteiger partial charge is 0.243 e. The summed E-state index contributed by atoms with van der Waals surface area (Å²) >= 11 is 5.72. The van der Waals surface area contributed by atoms with Crippen molar-refractivity contribution in [2.24, 2.45) is 0 Å². The number of aromatic nitrogens is 4. The molecule has 0 spiro atoms. The molecule has 0 N–H and O–H groups in total. The van der Waals surface area contributed by atoms with Crippen LogP contribution in [-0.2, 0) is 6.54 Å². The van der Waals surface area contributed by atoms with Crippen molar-refractivity contribution in [3.8, 4) is 6.07 Å². The topological polar surface area (TPSA) is 67.4 Å². The summed E-state index contributed by atoms with van der Waals surface area (Å²) in [5.74, 6) is 0. The normalized spacial score (nSPS) is 9.87. The number of tetrazole rings is 1. The van der Waals surface area contributed by atoms with E-state index in [9.17, 15) is 0 Å². The van der Waals surface area contributed by atoms with Gasteiger partial charge in [0.05, 0.1) is 18.2 Å². The molecule has 5 nitrogen and oxygen atoms in total. The van der Waals surface area contributed by atoms with Gasteiger partial charge in [0, 0.05) is 0 Å². The van der Waals surface area contributed by atoms with E-state index in [1.807, 2.05) is 12.1 Å². The number of hydrogen-bond acceptors (Lipinski definition) is 4. The molecule has 1 aromatic carbocycles. The van der Waals surface area contributed by atoms with Gasteiger partial charge in [0.1, 0.15) is 0 Å². The van der Waals surface area contributed by atoms with Crippen LogP contribution in [0.5, 0.6) is 0 Å². The van der Waals surface area contributed by atoms with Crippen LogP contribution in [0, 0.1) is 11.3 Å². The van der Waals surface area contributed by atoms with Crippen LogP contribution in [0.25, 0.3) is 0 Å². The second-order valence-corrected chi connectivity index (χ2v) is 3.25. The van der Waals surface area contributed by atoms with E-state index < -0.39 is 0 Å². The SMILES string of the molecule is N#Cc1ccc(Cn2nnnc2Cl)cc1. The van der Waals surface area contributed by atoms with Gasteiger partial charge in [-0.2, -0.15) is 5.26 Å². The zero-order chi connectivity index (χ0) is 10.7. The van der Waals surface area contributed by atoms with Gasteiger partial charge in [0.25, 0.3) is 0 Å². The molecule has 0 saturated heterocycles. The number of rotatable bonds is 2. The molecule has 2 rings (SSSR count). The van der Waals surface area contributed by atoms with Crippen molar-refractivity contribution < 1.29 is 0 Å². The van der Waals surface area contributed by atoms with Crippen molar-refractivity contribution in [2.45, 2.75) is 6.54 Å². The summed E-state index contributed by atoms with van der Waals surface area (Å²) in [6.45, 7) is 0.498. The Balaban J connectivity index is 2.19. The van der Waals surface area contributed by atoms with E-state index in [2.05, 4.69) is 21.6 Å². The van der Waals surface area contributed by atoms with Gasteiger partial charge in [-0.1, -0.05) is 17.2 Å². The lowest BCUT2D eigenvalue weighted by atomic mass is 10.1. The molecule has 0 atom stereocenters. The first kappa shape index (κ1) is 9.62. The second-order valence-electron chi connectivity index (χ2n) is 2.91. The third-order valence-corrected chi connectivity index (χ3v) is 2.17. The molecule has 0 unspecified atom stereocenters. The van der Waals surface area contributed by atoms with E-state index in [1.165, 1.54) is 4.68 Å². The molecule has 0 bridgehead atoms. The summed E-state index contributed by atoms with van der Waals surface area (Å²) in [6, 6.07) is 9.23. The highest BCUT2D eigenvalue weighted by Crippen LogP contribution is 2.07. The van der Waals surface area contributed by atoms with Crippen molar-refractivity contribution in [3.63, 3.8) is 0 Å². The summed E-state index contributed by atoms with van der Waals surface area (Å²) in [5, 5.41) is 19.6. The van der Waals surface area contributed by atoms with Crippen LogP contribution < -0.4 is 0 Å². The van der Waals surface area contributed by atoms with Gasteiger partial charge in [-0.05, 0) is 39.7 Å². The molecule has 1 aromatic heterocycles. The van der Waals surface area contributed by atoms with Crippen LogP contribution in [-0.4, -0.2) is 20.2 Å². The van der Waals surface area contributed by atoms with E-state index in [0.717, 1.165) is 5.56 Å². The van der Waals surface area contributed by atoms with E-state index in [4.69, 9.17) is 16.9 Å². The van der Waals surface area contributed by atoms with Crippen molar-refractivity contribution >= 4 is 11.6 Å². The Hall–Kier alpha value is -1.93. The fourth-order valence-corrected chi connectivity index (χ4v) is 1.28. The molecule has 0 aliphatic heterocycles. The average Bonchev–Trinajstić information content (AvgIpc) is 2.66. The van der Waals surface area contributed by atoms with Crippen LogP contribution in [0.2, 0.25) is 5.28 Å². The third kappa shape index (κ3) is 2.11. The lowest BCUT2D eigenvalue weighted by molar-refractivity contribution is 0.649. The van der Waals surface area contributed by atoms with Gasteiger partial charge in [0.2, 0.25) is 5.28 Å². The number of halogens is 1. The van der Waals surface area contributed by atoms with Crippen molar-refractivity contribution in [1.29, 1.82) is 5.26 Å². The Morgan fingerprint density at radius 1 is 1.33 bits per heavy atom. The number of nitrogens with zero attached hydrogens (tertiary/aromatic N) is 5. The Kier molecular flexibility index (Phi) is 2.61. The van der Waals surface area contributed by atoms with Gasteiger partial charge in [-0.15, -0.1) is 0 Å². The van der Waals surface area contributed by atoms with E-state index in [0.29, 0.717) is 12.1 Å². The highest BCUT2D eigenvalue weighted by Gasteiger charge is 2.02. The molecule has 0 radical (unpaired) electrons. The predicted octanol–water partition coefficient (Wildman–Crippen LogP) is 1.25. The van der Waals surface area contributed by atoms with Crippen LogP contribution in [0.3, 0.4) is 0 Å². The smallest absolute Gasteiger partial charge is 0.212 e. The van der Waals surface area contributed by atoms with Gasteiger partial charge in [-0.3, -0.25) is 0 Å². The van der Waals surface area contributed by atoms with Crippen molar-refractivity contribution in [3.05, 3.63) is 40.7 Å². The minimum atomic E-state index is 0.249. The van der Waals surface area contributed by atoms with Crippen LogP contribution >= 0.6 is 11.6 Å². The van der Waals surface area contributed by atoms with Crippen molar-refractivity contribution in [1.82, 2.24) is 20.2 Å². The summed E-state index contributed by atoms with van der Waals surface area (Å²) in [5.41, 5.74) is 1.62. The summed E-state index contributed by atoms with van der Waals surface area (Å²) in [7, 11) is 0. The zero-order valence-corrected chi connectivity index (χ0v) is 8.39. The highest BCUT2D eigenvalue weighted by atomic mass is 35.5. The molecular formula is C9H6ClN5. The lowest BCUT2D eigenvalue weighted by Crippen LogP contribution is -2.02. The van der Waals surface area contributed by atoms with Crippen LogP contribution in [0.4, 0.5) is 0 Å². The quantitative estimate of drug-likeness (QED) is 0.762. The molecular weight excluding hydrogens is 214 g/mol. The maximum Gasteiger partial charge on any atom is 0.243 e. The van der Waals surface area contributed by atoms with Gasteiger partial charge in [0.15, 0.2) is 0 Å². The molecule has 0 aliphatic carbocycles. The number of hydrogen-bond donors (Lipinski definition) is 0. The first-order valence-corrected chi connectivity index (χ1v) is 4.58. The Morgan fingerprint density at radius 3 is 2.60 bits per heavy atom. The molecule has 6 heteroatoms. The van der Waals surface area contributed by atoms with Crippen molar-refractivity contribution in [2.75, 3.05) is 0 Å². The first-order chi connectivity index (χ1) is 7.29. The van der Waals surface area contributed by atoms with E-state index in [-0.39, 0.29) is 5.28 Å². The molecule has 1 heterocycles. The zero-order valence-electron chi connectivity index (χ0n) is 7.63. The van der Waals surface area contributed by atoms with Gasteiger partial charge >= 0.3 is 0 Å². The second kappa shape index (κ2) is 4.07. The molecule has 0 fully saturated rings. The van der Waals surface area contributed by atoms with E-state index >= 15 is 0 Å². The molecule has 0 saturated carbocycles. The Bertz CT molecular complexity index is 496. The molecule has 0 amide bonds. The average molecular weight is 220 g/mol. The fourth-order valence-electron chi connectivity index (χ4n) is 1.15. The first-order valence-electron chi connectivity index (χ1n) is 4.20. The van der Waals surface area contributed by atoms with E-state index in [1.54, 1.807) is 12.1 Å². The molecule has 15 heavy (non-hydrogen) atoms. The lowest BCUT2D eigenvalue weighted by Gasteiger charge is -2.00. The molecule has 0 aliphatic rings. The van der Waals surface area contributed by atoms with Crippen LogP contribution in [0.1, 0.15) is 11.1 Å². The number of benzene rings is 1. The summed E-state index contributed by atoms with van der Waals surface area (Å²) in [4.78, 5) is 0. The third-order valence-electron chi connectivity index (χ3n) is 1.90. The molecule has 74 valence electrons. The fraction of sp³-hybridized carbons (Fsp3) is 0.111. The molecule has 2 aromatic rings. The summed E-state index contributed by atoms with van der Waals surface area (Å²) < 4.78 is 1.48.